The lowest BCUT2D eigenvalue weighted by Crippen LogP contribution is -2.73. The van der Waals surface area contributed by atoms with Gasteiger partial charge in [0.15, 0.2) is 0 Å². The highest BCUT2D eigenvalue weighted by Gasteiger charge is 2.88. The van der Waals surface area contributed by atoms with Crippen molar-refractivity contribution in [1.82, 2.24) is 5.17 Å². The van der Waals surface area contributed by atoms with Crippen molar-refractivity contribution in [2.75, 3.05) is 0 Å². The first-order valence-corrected chi connectivity index (χ1v) is 8.81. The van der Waals surface area contributed by atoms with Gasteiger partial charge in [0.2, 0.25) is 11.6 Å². The zero-order valence-electron chi connectivity index (χ0n) is 14.1. The normalized spacial score (nSPS) is 58.4. The summed E-state index contributed by atoms with van der Waals surface area (Å²) < 4.78 is 0. The van der Waals surface area contributed by atoms with Gasteiger partial charge in [0.05, 0.1) is 16.4 Å². The van der Waals surface area contributed by atoms with Crippen LogP contribution in [-0.4, -0.2) is 38.1 Å². The molecule has 4 bridgehead atoms. The molecule has 0 amide bonds. The van der Waals surface area contributed by atoms with Crippen molar-refractivity contribution in [3.05, 3.63) is 15.3 Å². The molecule has 0 spiro atoms. The Morgan fingerprint density at radius 2 is 1.78 bits per heavy atom. The maximum absolute atomic E-state index is 12.7. The van der Waals surface area contributed by atoms with E-state index in [2.05, 4.69) is 19.0 Å². The van der Waals surface area contributed by atoms with Crippen LogP contribution in [0.15, 0.2) is 5.11 Å². The summed E-state index contributed by atoms with van der Waals surface area (Å²) in [4.78, 5) is 14.2. The van der Waals surface area contributed by atoms with E-state index < -0.39 is 11.1 Å². The van der Waals surface area contributed by atoms with Gasteiger partial charge >= 0.3 is 0 Å². The fourth-order valence-corrected chi connectivity index (χ4v) is 7.25. The molecule has 3 saturated carbocycles. The molecule has 0 unspecified atom stereocenters. The fraction of sp³-hybridized carbons (Fsp3) is 1.00. The molecule has 6 aliphatic rings. The Morgan fingerprint density at radius 1 is 1.13 bits per heavy atom. The highest BCUT2D eigenvalue weighted by Crippen LogP contribution is 2.73. The molecule has 0 N–H and O–H groups in total. The number of hydrazine groups is 1. The average Bonchev–Trinajstić information content (AvgIpc) is 3.05. The number of rotatable bonds is 0. The number of hydroxylamine groups is 2. The molecule has 0 aromatic carbocycles. The molecule has 0 aromatic rings. The summed E-state index contributed by atoms with van der Waals surface area (Å²) in [6, 6.07) is -0.688. The third-order valence-corrected chi connectivity index (χ3v) is 8.85. The van der Waals surface area contributed by atoms with E-state index >= 15 is 0 Å². The lowest BCUT2D eigenvalue weighted by Gasteiger charge is -2.56. The lowest BCUT2D eigenvalue weighted by atomic mass is 9.58. The second-order valence-electron chi connectivity index (χ2n) is 9.19. The smallest absolute Gasteiger partial charge is 0.246 e. The van der Waals surface area contributed by atoms with E-state index in [9.17, 15) is 15.3 Å². The Kier molecular flexibility index (Phi) is 2.18. The van der Waals surface area contributed by atoms with Crippen LogP contribution in [0, 0.1) is 44.4 Å². The van der Waals surface area contributed by atoms with Gasteiger partial charge in [0.25, 0.3) is 0 Å². The first-order valence-electron chi connectivity index (χ1n) is 8.81. The summed E-state index contributed by atoms with van der Waals surface area (Å²) in [7, 11) is 0. The highest BCUT2D eigenvalue weighted by atomic mass is 16.6. The van der Waals surface area contributed by atoms with Crippen LogP contribution in [0.3, 0.4) is 0 Å². The van der Waals surface area contributed by atoms with Gasteiger partial charge in [-0.15, -0.1) is 0 Å². The topological polar surface area (TPSA) is 84.8 Å². The molecule has 0 radical (unpaired) electrons. The Labute approximate surface area is 135 Å². The maximum Gasteiger partial charge on any atom is 0.246 e. The molecule has 6 rings (SSSR count). The molecule has 5 fully saturated rings. The van der Waals surface area contributed by atoms with Gasteiger partial charge in [-0.25, -0.2) is 0 Å². The van der Waals surface area contributed by atoms with Crippen LogP contribution in [0.5, 0.6) is 0 Å². The van der Waals surface area contributed by atoms with Gasteiger partial charge in [-0.1, -0.05) is 25.1 Å². The Hall–Kier alpha value is -1.24. The molecule has 7 nitrogen and oxygen atoms in total. The van der Waals surface area contributed by atoms with Gasteiger partial charge < -0.3 is 10.4 Å². The van der Waals surface area contributed by atoms with Gasteiger partial charge in [-0.2, -0.15) is 5.17 Å². The van der Waals surface area contributed by atoms with Crippen LogP contribution in [0.25, 0.3) is 0 Å². The maximum atomic E-state index is 12.7. The van der Waals surface area contributed by atoms with Crippen LogP contribution in [-0.2, 0) is 0 Å². The number of hydrogen-bond acceptors (Lipinski definition) is 4. The van der Waals surface area contributed by atoms with Gasteiger partial charge in [-0.05, 0) is 30.8 Å². The molecule has 126 valence electrons. The summed E-state index contributed by atoms with van der Waals surface area (Å²) in [5.74, 6) is 0.465. The van der Waals surface area contributed by atoms with E-state index in [-0.39, 0.29) is 41.2 Å². The van der Waals surface area contributed by atoms with E-state index in [4.69, 9.17) is 0 Å². The quantitative estimate of drug-likeness (QED) is 0.507. The third kappa shape index (κ3) is 1.09. The molecular weight excluding hydrogens is 296 g/mol. The summed E-state index contributed by atoms with van der Waals surface area (Å²) in [5.41, 5.74) is -1.65. The van der Waals surface area contributed by atoms with Crippen LogP contribution in [0.2, 0.25) is 0 Å². The second-order valence-corrected chi connectivity index (χ2v) is 9.19. The molecule has 23 heavy (non-hydrogen) atoms. The van der Waals surface area contributed by atoms with Gasteiger partial charge in [0, 0.05) is 18.8 Å². The average molecular weight is 320 g/mol. The van der Waals surface area contributed by atoms with Crippen LogP contribution in [0.1, 0.15) is 47.0 Å². The Balaban J connectivity index is 1.78. The molecule has 3 aliphatic heterocycles. The van der Waals surface area contributed by atoms with E-state index in [1.54, 1.807) is 0 Å². The summed E-state index contributed by atoms with van der Waals surface area (Å²) in [6.45, 7) is 8.17. The van der Waals surface area contributed by atoms with Crippen molar-refractivity contribution < 1.29 is 9.73 Å². The monoisotopic (exact) mass is 320 g/mol. The predicted molar refractivity (Wildman–Crippen MR) is 80.9 cm³/mol. The minimum absolute atomic E-state index is 0.000231. The fourth-order valence-electron chi connectivity index (χ4n) is 7.25. The Morgan fingerprint density at radius 3 is 2.48 bits per heavy atom. The molecule has 0 aromatic heterocycles. The molecule has 7 heteroatoms. The van der Waals surface area contributed by atoms with Crippen molar-refractivity contribution in [2.45, 2.75) is 70.1 Å². The van der Waals surface area contributed by atoms with E-state index in [0.717, 1.165) is 24.1 Å². The number of azo groups is 1. The third-order valence-electron chi connectivity index (χ3n) is 8.85. The van der Waals surface area contributed by atoms with Crippen molar-refractivity contribution in [1.29, 1.82) is 0 Å². The molecule has 2 saturated heterocycles. The molecule has 3 heterocycles. The van der Waals surface area contributed by atoms with Crippen LogP contribution < -0.4 is 0 Å². The largest absolute Gasteiger partial charge is 0.704 e. The first kappa shape index (κ1) is 14.1. The first-order chi connectivity index (χ1) is 10.7. The zero-order valence-corrected chi connectivity index (χ0v) is 14.1. The second kappa shape index (κ2) is 3.55. The summed E-state index contributed by atoms with van der Waals surface area (Å²) in [5, 5.41) is 30.6. The zero-order chi connectivity index (χ0) is 16.5. The van der Waals surface area contributed by atoms with Crippen molar-refractivity contribution >= 4 is 0 Å². The molecule has 3 aliphatic carbocycles. The number of nitrogens with zero attached hydrogens (tertiary/aromatic N) is 4. The lowest BCUT2D eigenvalue weighted by molar-refractivity contribution is -0.783. The summed E-state index contributed by atoms with van der Waals surface area (Å²) >= 11 is 0. The number of fused-ring (bicyclic) bond motifs is 3. The van der Waals surface area contributed by atoms with Gasteiger partial charge in [-0.3, -0.25) is 0 Å². The Bertz CT molecular complexity index is 664. The molecular formula is C16H24N4O3. The minimum Gasteiger partial charge on any atom is -0.704 e. The van der Waals surface area contributed by atoms with Crippen molar-refractivity contribution in [3.63, 3.8) is 0 Å². The van der Waals surface area contributed by atoms with E-state index in [0.29, 0.717) is 10.0 Å². The standard InChI is InChI=1S/C16H24N4O3/c1-14(2)15(3)10-11(16(14,4)20(23)17-15)13-9-7-5-6-8(9)12(10)18(21)19(13)22/h8-13H,5-7H2,1-4H3/t8-,9+,10+,11-,12-,13+,15-,16+/m1/s1. The predicted octanol–water partition coefficient (Wildman–Crippen LogP) is 2.43. The SMILES string of the molecule is CC1(C)[C@]2(C)N=[N+]([O-])[C@@]1(C)[C@H]1[C@@H]3[C@H]4CCC[C@H]4[C@H]([C@H]12)N([O-])[N+]3=O. The summed E-state index contributed by atoms with van der Waals surface area (Å²) in [6.07, 6.45) is 3.11. The minimum atomic E-state index is -0.715. The van der Waals surface area contributed by atoms with E-state index in [1.165, 1.54) is 0 Å². The number of nitroso groups, excluding NO2 is 1. The van der Waals surface area contributed by atoms with Crippen LogP contribution >= 0.6 is 0 Å². The highest BCUT2D eigenvalue weighted by molar-refractivity contribution is 5.29. The van der Waals surface area contributed by atoms with Gasteiger partial charge in [0.1, 0.15) is 16.3 Å². The number of hydrogen-bond donors (Lipinski definition) is 0. The van der Waals surface area contributed by atoms with E-state index in [1.807, 2.05) is 13.8 Å². The molecule has 8 atom stereocenters. The van der Waals surface area contributed by atoms with Crippen molar-refractivity contribution in [2.24, 2.45) is 34.2 Å². The van der Waals surface area contributed by atoms with Crippen molar-refractivity contribution in [3.8, 4) is 0 Å². The van der Waals surface area contributed by atoms with Crippen LogP contribution in [0.4, 0.5) is 0 Å².